The van der Waals surface area contributed by atoms with Gasteiger partial charge in [0.05, 0.1) is 19.9 Å². The molecule has 0 unspecified atom stereocenters. The van der Waals surface area contributed by atoms with Crippen molar-refractivity contribution in [3.63, 3.8) is 0 Å². The molecule has 0 aliphatic heterocycles. The Labute approximate surface area is 139 Å². The van der Waals surface area contributed by atoms with Crippen LogP contribution in [0.15, 0.2) is 47.6 Å². The van der Waals surface area contributed by atoms with Gasteiger partial charge in [0.2, 0.25) is 0 Å². The minimum absolute atomic E-state index is 0.309. The summed E-state index contributed by atoms with van der Waals surface area (Å²) in [5.41, 5.74) is 3.72. The number of nitrogens with one attached hydrogen (secondary N) is 1. The number of hydrazone groups is 1. The molecule has 2 aromatic carbocycles. The monoisotopic (exact) mass is 332 g/mol. The largest absolute Gasteiger partial charge is 0.493 e. The highest BCUT2D eigenvalue weighted by atomic mass is 35.5. The van der Waals surface area contributed by atoms with E-state index in [1.54, 1.807) is 43.5 Å². The van der Waals surface area contributed by atoms with E-state index in [0.29, 0.717) is 28.7 Å². The lowest BCUT2D eigenvalue weighted by molar-refractivity contribution is 0.0955. The summed E-state index contributed by atoms with van der Waals surface area (Å²) in [6, 6.07) is 12.0. The van der Waals surface area contributed by atoms with Gasteiger partial charge in [0.15, 0.2) is 11.5 Å². The van der Waals surface area contributed by atoms with E-state index in [0.717, 1.165) is 5.56 Å². The molecule has 0 aliphatic rings. The molecule has 23 heavy (non-hydrogen) atoms. The third kappa shape index (κ3) is 4.72. The first kappa shape index (κ1) is 16.8. The number of halogens is 1. The molecular formula is C17H17ClN2O3. The van der Waals surface area contributed by atoms with Crippen molar-refractivity contribution in [2.24, 2.45) is 5.10 Å². The van der Waals surface area contributed by atoms with Gasteiger partial charge in [0.25, 0.3) is 5.91 Å². The third-order valence-electron chi connectivity index (χ3n) is 2.97. The summed E-state index contributed by atoms with van der Waals surface area (Å²) < 4.78 is 10.7. The normalized spacial score (nSPS) is 10.6. The van der Waals surface area contributed by atoms with Crippen molar-refractivity contribution in [1.29, 1.82) is 0 Å². The van der Waals surface area contributed by atoms with Crippen molar-refractivity contribution >= 4 is 23.7 Å². The van der Waals surface area contributed by atoms with Gasteiger partial charge in [-0.05, 0) is 55.0 Å². The zero-order valence-electron chi connectivity index (χ0n) is 12.9. The molecule has 1 amide bonds. The highest BCUT2D eigenvalue weighted by Gasteiger charge is 2.05. The van der Waals surface area contributed by atoms with Crippen molar-refractivity contribution in [1.82, 2.24) is 5.43 Å². The fraction of sp³-hybridized carbons (Fsp3) is 0.176. The molecule has 2 aromatic rings. The maximum absolute atomic E-state index is 11.9. The van der Waals surface area contributed by atoms with Crippen LogP contribution in [-0.2, 0) is 0 Å². The van der Waals surface area contributed by atoms with E-state index in [4.69, 9.17) is 21.1 Å². The average Bonchev–Trinajstić information content (AvgIpc) is 2.56. The number of benzene rings is 2. The Hall–Kier alpha value is -2.53. The second kappa shape index (κ2) is 8.19. The first-order chi connectivity index (χ1) is 11.1. The Morgan fingerprint density at radius 3 is 2.61 bits per heavy atom. The summed E-state index contributed by atoms with van der Waals surface area (Å²) >= 11 is 5.78. The van der Waals surface area contributed by atoms with Crippen molar-refractivity contribution in [3.8, 4) is 11.5 Å². The number of carbonyl (C=O) groups excluding carboxylic acids is 1. The number of hydrogen-bond donors (Lipinski definition) is 1. The lowest BCUT2D eigenvalue weighted by Gasteiger charge is -2.09. The Kier molecular flexibility index (Phi) is 6.00. The molecule has 0 radical (unpaired) electrons. The summed E-state index contributed by atoms with van der Waals surface area (Å²) in [4.78, 5) is 11.9. The molecule has 120 valence electrons. The minimum Gasteiger partial charge on any atom is -0.493 e. The molecule has 0 aromatic heterocycles. The zero-order chi connectivity index (χ0) is 16.7. The van der Waals surface area contributed by atoms with Crippen LogP contribution in [0.5, 0.6) is 11.5 Å². The van der Waals surface area contributed by atoms with Gasteiger partial charge in [-0.1, -0.05) is 11.6 Å². The summed E-state index contributed by atoms with van der Waals surface area (Å²) in [6.45, 7) is 2.46. The number of nitrogens with zero attached hydrogens (tertiary/aromatic N) is 1. The van der Waals surface area contributed by atoms with E-state index in [1.807, 2.05) is 13.0 Å². The molecule has 1 N–H and O–H groups in total. The van der Waals surface area contributed by atoms with Crippen LogP contribution in [0.1, 0.15) is 22.8 Å². The van der Waals surface area contributed by atoms with E-state index in [2.05, 4.69) is 10.5 Å². The molecule has 0 fully saturated rings. The van der Waals surface area contributed by atoms with Crippen molar-refractivity contribution in [2.45, 2.75) is 6.92 Å². The molecule has 6 heteroatoms. The minimum atomic E-state index is -0.309. The number of methoxy groups -OCH3 is 1. The predicted octanol–water partition coefficient (Wildman–Crippen LogP) is 3.51. The lowest BCUT2D eigenvalue weighted by Crippen LogP contribution is -2.17. The van der Waals surface area contributed by atoms with Gasteiger partial charge >= 0.3 is 0 Å². The van der Waals surface area contributed by atoms with Gasteiger partial charge in [-0.2, -0.15) is 5.10 Å². The maximum atomic E-state index is 11.9. The first-order valence-corrected chi connectivity index (χ1v) is 7.41. The molecular weight excluding hydrogens is 316 g/mol. The van der Waals surface area contributed by atoms with Crippen LogP contribution in [0.4, 0.5) is 0 Å². The standard InChI is InChI=1S/C17H17ClN2O3/c1-3-23-15-9-4-12(10-16(15)22-2)11-19-20-17(21)13-5-7-14(18)8-6-13/h4-11H,3H2,1-2H3,(H,20,21). The Bertz CT molecular complexity index is 699. The fourth-order valence-electron chi connectivity index (χ4n) is 1.87. The molecule has 2 rings (SSSR count). The van der Waals surface area contributed by atoms with Gasteiger partial charge in [0, 0.05) is 10.6 Å². The van der Waals surface area contributed by atoms with Crippen molar-refractivity contribution in [3.05, 3.63) is 58.6 Å². The summed E-state index contributed by atoms with van der Waals surface area (Å²) in [7, 11) is 1.57. The van der Waals surface area contributed by atoms with Gasteiger partial charge in [-0.25, -0.2) is 5.43 Å². The fourth-order valence-corrected chi connectivity index (χ4v) is 2.00. The van der Waals surface area contributed by atoms with Crippen LogP contribution >= 0.6 is 11.6 Å². The molecule has 5 nitrogen and oxygen atoms in total. The number of ether oxygens (including phenoxy) is 2. The molecule has 0 saturated heterocycles. The van der Waals surface area contributed by atoms with Crippen LogP contribution in [0.25, 0.3) is 0 Å². The van der Waals surface area contributed by atoms with Crippen molar-refractivity contribution in [2.75, 3.05) is 13.7 Å². The number of carbonyl (C=O) groups is 1. The van der Waals surface area contributed by atoms with Gasteiger partial charge in [-0.15, -0.1) is 0 Å². The summed E-state index contributed by atoms with van der Waals surface area (Å²) in [5, 5.41) is 4.51. The van der Waals surface area contributed by atoms with Crippen LogP contribution in [0.3, 0.4) is 0 Å². The van der Waals surface area contributed by atoms with E-state index in [9.17, 15) is 4.79 Å². The van der Waals surface area contributed by atoms with E-state index < -0.39 is 0 Å². The molecule has 0 saturated carbocycles. The van der Waals surface area contributed by atoms with Gasteiger partial charge < -0.3 is 9.47 Å². The van der Waals surface area contributed by atoms with Crippen LogP contribution in [0, 0.1) is 0 Å². The van der Waals surface area contributed by atoms with E-state index in [1.165, 1.54) is 6.21 Å². The molecule has 0 heterocycles. The van der Waals surface area contributed by atoms with Crippen LogP contribution in [0.2, 0.25) is 5.02 Å². The summed E-state index contributed by atoms with van der Waals surface area (Å²) in [6.07, 6.45) is 1.53. The first-order valence-electron chi connectivity index (χ1n) is 7.04. The van der Waals surface area contributed by atoms with Gasteiger partial charge in [-0.3, -0.25) is 4.79 Å². The van der Waals surface area contributed by atoms with E-state index >= 15 is 0 Å². The predicted molar refractivity (Wildman–Crippen MR) is 90.7 cm³/mol. The quantitative estimate of drug-likeness (QED) is 0.650. The van der Waals surface area contributed by atoms with Gasteiger partial charge in [0.1, 0.15) is 0 Å². The number of rotatable bonds is 6. The van der Waals surface area contributed by atoms with Crippen LogP contribution < -0.4 is 14.9 Å². The Balaban J connectivity index is 2.02. The molecule has 0 atom stereocenters. The SMILES string of the molecule is CCOc1ccc(C=NNC(=O)c2ccc(Cl)cc2)cc1OC. The number of amides is 1. The number of hydrogen-bond acceptors (Lipinski definition) is 4. The maximum Gasteiger partial charge on any atom is 0.271 e. The van der Waals surface area contributed by atoms with Crippen molar-refractivity contribution < 1.29 is 14.3 Å². The van der Waals surface area contributed by atoms with Crippen LogP contribution in [-0.4, -0.2) is 25.8 Å². The topological polar surface area (TPSA) is 59.9 Å². The molecule has 0 aliphatic carbocycles. The second-order valence-electron chi connectivity index (χ2n) is 4.55. The van der Waals surface area contributed by atoms with E-state index in [-0.39, 0.29) is 5.91 Å². The summed E-state index contributed by atoms with van der Waals surface area (Å²) in [5.74, 6) is 0.966. The Morgan fingerprint density at radius 2 is 1.96 bits per heavy atom. The lowest BCUT2D eigenvalue weighted by atomic mass is 10.2. The second-order valence-corrected chi connectivity index (χ2v) is 4.99. The molecule has 0 spiro atoms. The molecule has 0 bridgehead atoms. The highest BCUT2D eigenvalue weighted by molar-refractivity contribution is 6.30. The smallest absolute Gasteiger partial charge is 0.271 e. The third-order valence-corrected chi connectivity index (χ3v) is 3.23. The zero-order valence-corrected chi connectivity index (χ0v) is 13.6. The average molecular weight is 333 g/mol. The highest BCUT2D eigenvalue weighted by Crippen LogP contribution is 2.27. The Morgan fingerprint density at radius 1 is 1.22 bits per heavy atom.